The Labute approximate surface area is 123 Å². The molecule has 2 aliphatic rings. The molecule has 1 aromatic heterocycles. The Bertz CT molecular complexity index is 488. The van der Waals surface area contributed by atoms with Crippen molar-refractivity contribution in [3.63, 3.8) is 0 Å². The number of nitrogens with zero attached hydrogens (tertiary/aromatic N) is 2. The lowest BCUT2D eigenvalue weighted by Gasteiger charge is -2.39. The van der Waals surface area contributed by atoms with Crippen LogP contribution in [-0.4, -0.2) is 29.1 Å². The molecule has 1 fully saturated rings. The quantitative estimate of drug-likeness (QED) is 0.854. The van der Waals surface area contributed by atoms with Gasteiger partial charge in [-0.1, -0.05) is 13.8 Å². The van der Waals surface area contributed by atoms with E-state index < -0.39 is 0 Å². The molecular weight excluding hydrogens is 246 g/mol. The van der Waals surface area contributed by atoms with Crippen LogP contribution in [0.4, 0.5) is 0 Å². The van der Waals surface area contributed by atoms with Crippen molar-refractivity contribution < 1.29 is 0 Å². The summed E-state index contributed by atoms with van der Waals surface area (Å²) in [6.45, 7) is 8.25. The van der Waals surface area contributed by atoms with E-state index in [2.05, 4.69) is 49.5 Å². The van der Waals surface area contributed by atoms with Crippen LogP contribution in [0.15, 0.2) is 12.3 Å². The van der Waals surface area contributed by atoms with Crippen LogP contribution in [0.1, 0.15) is 63.4 Å². The maximum Gasteiger partial charge on any atom is 0.0360 e. The molecule has 20 heavy (non-hydrogen) atoms. The Hall–Kier alpha value is -0.800. The van der Waals surface area contributed by atoms with E-state index in [0.29, 0.717) is 17.5 Å². The van der Waals surface area contributed by atoms with Gasteiger partial charge >= 0.3 is 0 Å². The molecule has 0 amide bonds. The van der Waals surface area contributed by atoms with Gasteiger partial charge in [-0.05, 0) is 56.7 Å². The lowest BCUT2D eigenvalue weighted by molar-refractivity contribution is 0.153. The molecule has 1 aliphatic carbocycles. The molecule has 0 saturated carbocycles. The molecule has 0 radical (unpaired) electrons. The second-order valence-corrected chi connectivity index (χ2v) is 7.78. The van der Waals surface area contributed by atoms with E-state index in [9.17, 15) is 0 Å². The van der Waals surface area contributed by atoms with Gasteiger partial charge in [0.15, 0.2) is 0 Å². The summed E-state index contributed by atoms with van der Waals surface area (Å²) in [5, 5.41) is 0. The summed E-state index contributed by atoms with van der Waals surface area (Å²) >= 11 is 0. The monoisotopic (exact) mass is 275 g/mol. The Morgan fingerprint density at radius 3 is 2.80 bits per heavy atom. The fraction of sp³-hybridized carbons (Fsp3) is 0.765. The number of likely N-dealkylation sites (tertiary alicyclic amines) is 1. The summed E-state index contributed by atoms with van der Waals surface area (Å²) in [6.07, 6.45) is 7.09. The van der Waals surface area contributed by atoms with Crippen molar-refractivity contribution in [2.24, 2.45) is 11.1 Å². The number of aromatic nitrogens is 1. The van der Waals surface area contributed by atoms with Crippen molar-refractivity contribution in [2.45, 2.75) is 64.6 Å². The molecule has 0 bridgehead atoms. The molecule has 2 heterocycles. The van der Waals surface area contributed by atoms with Gasteiger partial charge in [-0.15, -0.1) is 0 Å². The topological polar surface area (TPSA) is 34.2 Å². The minimum Gasteiger partial charge on any atom is -0.348 e. The van der Waals surface area contributed by atoms with E-state index in [4.69, 9.17) is 5.73 Å². The van der Waals surface area contributed by atoms with Crippen LogP contribution in [0.2, 0.25) is 0 Å². The van der Waals surface area contributed by atoms with Gasteiger partial charge in [0, 0.05) is 36.6 Å². The average molecular weight is 275 g/mol. The maximum atomic E-state index is 6.39. The summed E-state index contributed by atoms with van der Waals surface area (Å²) in [6, 6.07) is 3.83. The van der Waals surface area contributed by atoms with Gasteiger partial charge in [-0.2, -0.15) is 0 Å². The highest BCUT2D eigenvalue weighted by molar-refractivity contribution is 5.30. The summed E-state index contributed by atoms with van der Waals surface area (Å²) in [5.41, 5.74) is 9.63. The Balaban J connectivity index is 1.89. The highest BCUT2D eigenvalue weighted by atomic mass is 15.2. The zero-order valence-corrected chi connectivity index (χ0v) is 13.4. The van der Waals surface area contributed by atoms with Gasteiger partial charge in [0.2, 0.25) is 0 Å². The fourth-order valence-corrected chi connectivity index (χ4v) is 4.12. The first kappa shape index (κ1) is 14.2. The maximum absolute atomic E-state index is 6.39. The predicted molar refractivity (Wildman–Crippen MR) is 83.8 cm³/mol. The summed E-state index contributed by atoms with van der Waals surface area (Å²) in [7, 11) is 2.24. The lowest BCUT2D eigenvalue weighted by Crippen LogP contribution is -2.39. The van der Waals surface area contributed by atoms with E-state index in [1.807, 2.05) is 0 Å². The van der Waals surface area contributed by atoms with Crippen LogP contribution in [0.25, 0.3) is 0 Å². The summed E-state index contributed by atoms with van der Waals surface area (Å²) in [4.78, 5) is 2.47. The molecule has 3 atom stereocenters. The second-order valence-electron chi connectivity index (χ2n) is 7.78. The van der Waals surface area contributed by atoms with E-state index in [1.165, 1.54) is 37.1 Å². The van der Waals surface area contributed by atoms with Crippen LogP contribution < -0.4 is 5.73 Å². The number of hydrogen-bond acceptors (Lipinski definition) is 2. The number of nitrogens with two attached hydrogens (primary N) is 1. The number of rotatable bonds is 1. The highest BCUT2D eigenvalue weighted by Crippen LogP contribution is 2.42. The number of piperidine rings is 1. The molecule has 1 aliphatic heterocycles. The molecule has 0 spiro atoms. The van der Waals surface area contributed by atoms with E-state index in [0.717, 1.165) is 6.42 Å². The van der Waals surface area contributed by atoms with Crippen molar-refractivity contribution in [1.29, 1.82) is 0 Å². The number of fused-ring (bicyclic) bond motifs is 1. The predicted octanol–water partition coefficient (Wildman–Crippen LogP) is 3.12. The smallest absolute Gasteiger partial charge is 0.0360 e. The first-order chi connectivity index (χ1) is 9.37. The fourth-order valence-electron chi connectivity index (χ4n) is 4.12. The third-order valence-corrected chi connectivity index (χ3v) is 5.45. The van der Waals surface area contributed by atoms with Crippen LogP contribution in [0, 0.1) is 5.41 Å². The first-order valence-corrected chi connectivity index (χ1v) is 8.03. The molecule has 2 N–H and O–H groups in total. The van der Waals surface area contributed by atoms with Crippen molar-refractivity contribution in [3.05, 3.63) is 23.5 Å². The van der Waals surface area contributed by atoms with Gasteiger partial charge in [-0.25, -0.2) is 0 Å². The van der Waals surface area contributed by atoms with Crippen LogP contribution >= 0.6 is 0 Å². The molecular formula is C17H29N3. The lowest BCUT2D eigenvalue weighted by atomic mass is 9.74. The van der Waals surface area contributed by atoms with E-state index in [1.54, 1.807) is 0 Å². The average Bonchev–Trinajstić information content (AvgIpc) is 2.75. The Kier molecular flexibility index (Phi) is 3.46. The Morgan fingerprint density at radius 2 is 2.10 bits per heavy atom. The van der Waals surface area contributed by atoms with Crippen molar-refractivity contribution in [1.82, 2.24) is 9.47 Å². The third-order valence-electron chi connectivity index (χ3n) is 5.45. The highest BCUT2D eigenvalue weighted by Gasteiger charge is 2.34. The minimum atomic E-state index is 0.221. The van der Waals surface area contributed by atoms with Crippen molar-refractivity contribution >= 4 is 0 Å². The molecule has 3 unspecified atom stereocenters. The molecule has 3 heteroatoms. The van der Waals surface area contributed by atoms with Gasteiger partial charge < -0.3 is 15.2 Å². The van der Waals surface area contributed by atoms with E-state index in [-0.39, 0.29) is 6.04 Å². The zero-order valence-electron chi connectivity index (χ0n) is 13.4. The van der Waals surface area contributed by atoms with Gasteiger partial charge in [0.1, 0.15) is 0 Å². The first-order valence-electron chi connectivity index (χ1n) is 8.03. The van der Waals surface area contributed by atoms with E-state index >= 15 is 0 Å². The third kappa shape index (κ3) is 2.42. The molecule has 0 aromatic carbocycles. The zero-order chi connectivity index (χ0) is 14.5. The normalized spacial score (nSPS) is 34.0. The van der Waals surface area contributed by atoms with Crippen molar-refractivity contribution in [3.8, 4) is 0 Å². The molecule has 1 saturated heterocycles. The minimum absolute atomic E-state index is 0.221. The molecule has 3 nitrogen and oxygen atoms in total. The van der Waals surface area contributed by atoms with Crippen LogP contribution in [0.5, 0.6) is 0 Å². The SMILES string of the molecule is CC1CC(n2ccc3c2CC(C)(C)CC3N)CCN1C. The van der Waals surface area contributed by atoms with Crippen molar-refractivity contribution in [2.75, 3.05) is 13.6 Å². The largest absolute Gasteiger partial charge is 0.348 e. The van der Waals surface area contributed by atoms with Crippen LogP contribution in [0.3, 0.4) is 0 Å². The standard InChI is InChI=1S/C17H29N3/c1-12-9-13(5-7-19(12)4)20-8-6-14-15(18)10-17(2,3)11-16(14)20/h6,8,12-13,15H,5,7,9-11,18H2,1-4H3. The second kappa shape index (κ2) is 4.88. The summed E-state index contributed by atoms with van der Waals surface area (Å²) < 4.78 is 2.56. The summed E-state index contributed by atoms with van der Waals surface area (Å²) in [5.74, 6) is 0. The molecule has 3 rings (SSSR count). The molecule has 1 aromatic rings. The van der Waals surface area contributed by atoms with Gasteiger partial charge in [0.05, 0.1) is 0 Å². The Morgan fingerprint density at radius 1 is 1.35 bits per heavy atom. The van der Waals surface area contributed by atoms with Crippen LogP contribution in [-0.2, 0) is 6.42 Å². The molecule has 112 valence electrons. The number of hydrogen-bond donors (Lipinski definition) is 1. The van der Waals surface area contributed by atoms with Gasteiger partial charge in [0.25, 0.3) is 0 Å². The van der Waals surface area contributed by atoms with Gasteiger partial charge in [-0.3, -0.25) is 0 Å².